The zero-order chi connectivity index (χ0) is 25.5. The summed E-state index contributed by atoms with van der Waals surface area (Å²) in [5, 5.41) is 3.14. The molecule has 3 N–H and O–H groups in total. The molecule has 1 heterocycles. The minimum atomic E-state index is -0.663. The summed E-state index contributed by atoms with van der Waals surface area (Å²) < 4.78 is 10.8. The largest absolute Gasteiger partial charge is 0.497 e. The van der Waals surface area contributed by atoms with E-state index in [1.165, 1.54) is 6.42 Å². The molecule has 9 nitrogen and oxygen atoms in total. The molecule has 9 heteroatoms. The summed E-state index contributed by atoms with van der Waals surface area (Å²) in [5.41, 5.74) is 6.43. The van der Waals surface area contributed by atoms with Crippen molar-refractivity contribution >= 4 is 17.8 Å². The summed E-state index contributed by atoms with van der Waals surface area (Å²) >= 11 is 0. The van der Waals surface area contributed by atoms with E-state index in [0.29, 0.717) is 24.5 Å². The van der Waals surface area contributed by atoms with Gasteiger partial charge in [0.1, 0.15) is 17.5 Å². The number of carbonyl (C=O) groups excluding carboxylic acids is 3. The lowest BCUT2D eigenvalue weighted by atomic mass is 9.94. The van der Waals surface area contributed by atoms with Gasteiger partial charge in [-0.1, -0.05) is 33.1 Å². The van der Waals surface area contributed by atoms with E-state index in [0.717, 1.165) is 31.2 Å². The molecular formula is C26H40N4O5. The molecule has 2 unspecified atom stereocenters. The van der Waals surface area contributed by atoms with E-state index in [9.17, 15) is 14.4 Å². The number of carbonyl (C=O) groups is 3. The number of nitrogens with zero attached hydrogens (tertiary/aromatic N) is 2. The molecule has 2 atom stereocenters. The van der Waals surface area contributed by atoms with Gasteiger partial charge in [0.2, 0.25) is 11.8 Å². The maximum Gasteiger partial charge on any atom is 0.318 e. The average molecular weight is 489 g/mol. The summed E-state index contributed by atoms with van der Waals surface area (Å²) in [6.45, 7) is 4.60. The van der Waals surface area contributed by atoms with Gasteiger partial charge in [-0.2, -0.15) is 0 Å². The van der Waals surface area contributed by atoms with E-state index in [1.54, 1.807) is 30.1 Å². The predicted octanol–water partition coefficient (Wildman–Crippen LogP) is 3.05. The van der Waals surface area contributed by atoms with Gasteiger partial charge < -0.3 is 30.3 Å². The number of rotatable bonds is 9. The molecule has 1 aliphatic heterocycles. The van der Waals surface area contributed by atoms with Crippen LogP contribution in [0.15, 0.2) is 18.2 Å². The highest BCUT2D eigenvalue weighted by atomic mass is 16.5. The number of ether oxygens (including phenoxy) is 2. The average Bonchev–Trinajstić information content (AvgIpc) is 2.81. The molecule has 1 saturated carbocycles. The molecule has 0 spiro atoms. The molecule has 194 valence electrons. The van der Waals surface area contributed by atoms with Gasteiger partial charge in [-0.25, -0.2) is 4.79 Å². The zero-order valence-electron chi connectivity index (χ0n) is 21.4. The molecule has 1 aliphatic carbocycles. The van der Waals surface area contributed by atoms with Gasteiger partial charge in [-0.05, 0) is 42.9 Å². The fourth-order valence-corrected chi connectivity index (χ4v) is 5.20. The first-order chi connectivity index (χ1) is 16.7. The maximum absolute atomic E-state index is 13.7. The second-order valence-corrected chi connectivity index (χ2v) is 10.1. The van der Waals surface area contributed by atoms with E-state index in [4.69, 9.17) is 15.2 Å². The van der Waals surface area contributed by atoms with Gasteiger partial charge >= 0.3 is 6.03 Å². The van der Waals surface area contributed by atoms with Crippen LogP contribution in [0.4, 0.5) is 4.79 Å². The number of amides is 4. The first-order valence-electron chi connectivity index (χ1n) is 12.6. The molecule has 4 amide bonds. The van der Waals surface area contributed by atoms with Crippen molar-refractivity contribution in [3.63, 3.8) is 0 Å². The normalized spacial score (nSPS) is 21.2. The molecule has 1 aromatic carbocycles. The van der Waals surface area contributed by atoms with Crippen molar-refractivity contribution < 1.29 is 23.9 Å². The van der Waals surface area contributed by atoms with Crippen LogP contribution in [-0.2, 0) is 16.1 Å². The van der Waals surface area contributed by atoms with E-state index in [1.807, 2.05) is 26.0 Å². The van der Waals surface area contributed by atoms with Crippen LogP contribution < -0.4 is 20.5 Å². The van der Waals surface area contributed by atoms with Gasteiger partial charge in [-0.3, -0.25) is 9.59 Å². The lowest BCUT2D eigenvalue weighted by molar-refractivity contribution is -0.145. The highest BCUT2D eigenvalue weighted by molar-refractivity contribution is 5.89. The lowest BCUT2D eigenvalue weighted by Crippen LogP contribution is -2.66. The summed E-state index contributed by atoms with van der Waals surface area (Å²) in [7, 11) is 3.16. The van der Waals surface area contributed by atoms with Crippen molar-refractivity contribution in [1.82, 2.24) is 15.1 Å². The maximum atomic E-state index is 13.7. The van der Waals surface area contributed by atoms with E-state index < -0.39 is 18.0 Å². The zero-order valence-corrected chi connectivity index (χ0v) is 21.4. The molecule has 0 aromatic heterocycles. The molecule has 35 heavy (non-hydrogen) atoms. The first-order valence-corrected chi connectivity index (χ1v) is 12.6. The number of benzene rings is 1. The highest BCUT2D eigenvalue weighted by Crippen LogP contribution is 2.29. The third-order valence-corrected chi connectivity index (χ3v) is 6.84. The van der Waals surface area contributed by atoms with Crippen LogP contribution in [-0.4, -0.2) is 66.5 Å². The Hall–Kier alpha value is -2.97. The molecule has 1 saturated heterocycles. The third kappa shape index (κ3) is 7.02. The Kier molecular flexibility index (Phi) is 9.23. The fraction of sp³-hybridized carbons (Fsp3) is 0.654. The van der Waals surface area contributed by atoms with Crippen molar-refractivity contribution in [2.24, 2.45) is 11.7 Å². The molecule has 2 fully saturated rings. The third-order valence-electron chi connectivity index (χ3n) is 6.84. The summed E-state index contributed by atoms with van der Waals surface area (Å²) in [6, 6.07) is 4.16. The van der Waals surface area contributed by atoms with Gasteiger partial charge in [0.15, 0.2) is 0 Å². The van der Waals surface area contributed by atoms with E-state index in [2.05, 4.69) is 5.32 Å². The molecule has 0 radical (unpaired) electrons. The minimum Gasteiger partial charge on any atom is -0.497 e. The van der Waals surface area contributed by atoms with Crippen LogP contribution in [0.3, 0.4) is 0 Å². The van der Waals surface area contributed by atoms with E-state index in [-0.39, 0.29) is 36.9 Å². The molecule has 3 rings (SSSR count). The van der Waals surface area contributed by atoms with Crippen LogP contribution in [0.2, 0.25) is 0 Å². The number of nitrogens with two attached hydrogens (primary N) is 1. The number of hydrogen-bond donors (Lipinski definition) is 2. The van der Waals surface area contributed by atoms with Crippen molar-refractivity contribution in [3.8, 4) is 11.5 Å². The Labute approximate surface area is 208 Å². The monoisotopic (exact) mass is 488 g/mol. The molecule has 2 aliphatic rings. The molecule has 1 aromatic rings. The Morgan fingerprint density at radius 1 is 1.09 bits per heavy atom. The fourth-order valence-electron chi connectivity index (χ4n) is 5.20. The van der Waals surface area contributed by atoms with Crippen LogP contribution in [0.25, 0.3) is 0 Å². The standard InChI is InChI=1S/C26H40N4O5/c1-17(2)10-23-25(32)29(15-18-11-21(34-3)14-22(12-18)35-4)16-20(13-24(27)31)30(23)26(33)28-19-8-6-5-7-9-19/h11-12,14,17,19-20,23H,5-10,13,15-16H2,1-4H3,(H2,27,31)(H,28,33). The van der Waals surface area contributed by atoms with Gasteiger partial charge in [0.05, 0.1) is 20.3 Å². The second kappa shape index (κ2) is 12.1. The number of nitrogens with one attached hydrogen (secondary N) is 1. The molecule has 0 bridgehead atoms. The topological polar surface area (TPSA) is 114 Å². The number of primary amides is 1. The van der Waals surface area contributed by atoms with Gasteiger partial charge in [0, 0.05) is 31.6 Å². The Balaban J connectivity index is 1.89. The molecular weight excluding hydrogens is 448 g/mol. The van der Waals surface area contributed by atoms with Crippen LogP contribution in [0.1, 0.15) is 64.4 Å². The van der Waals surface area contributed by atoms with Crippen molar-refractivity contribution in [2.45, 2.75) is 83.5 Å². The number of hydrogen-bond acceptors (Lipinski definition) is 5. The summed E-state index contributed by atoms with van der Waals surface area (Å²) in [4.78, 5) is 42.5. The van der Waals surface area contributed by atoms with Crippen LogP contribution in [0.5, 0.6) is 11.5 Å². The Morgan fingerprint density at radius 3 is 2.26 bits per heavy atom. The highest BCUT2D eigenvalue weighted by Gasteiger charge is 2.44. The Bertz CT molecular complexity index is 877. The number of piperazine rings is 1. The van der Waals surface area contributed by atoms with Crippen molar-refractivity contribution in [3.05, 3.63) is 23.8 Å². The van der Waals surface area contributed by atoms with Crippen LogP contribution in [0, 0.1) is 5.92 Å². The van der Waals surface area contributed by atoms with Crippen molar-refractivity contribution in [1.29, 1.82) is 0 Å². The van der Waals surface area contributed by atoms with Crippen molar-refractivity contribution in [2.75, 3.05) is 20.8 Å². The SMILES string of the molecule is COc1cc(CN2CC(CC(N)=O)N(C(=O)NC3CCCCC3)C(CC(C)C)C2=O)cc(OC)c1. The smallest absolute Gasteiger partial charge is 0.318 e. The van der Waals surface area contributed by atoms with Gasteiger partial charge in [-0.15, -0.1) is 0 Å². The van der Waals surface area contributed by atoms with Gasteiger partial charge in [0.25, 0.3) is 0 Å². The Morgan fingerprint density at radius 2 is 1.71 bits per heavy atom. The number of urea groups is 1. The summed E-state index contributed by atoms with van der Waals surface area (Å²) in [5.74, 6) is 0.820. The predicted molar refractivity (Wildman–Crippen MR) is 133 cm³/mol. The number of methoxy groups -OCH3 is 2. The summed E-state index contributed by atoms with van der Waals surface area (Å²) in [6.07, 6.45) is 5.73. The minimum absolute atomic E-state index is 0.00209. The second-order valence-electron chi connectivity index (χ2n) is 10.1. The quantitative estimate of drug-likeness (QED) is 0.555. The van der Waals surface area contributed by atoms with E-state index >= 15 is 0 Å². The van der Waals surface area contributed by atoms with Crippen LogP contribution >= 0.6 is 0 Å². The first kappa shape index (κ1) is 26.6. The lowest BCUT2D eigenvalue weighted by Gasteiger charge is -2.46.